The van der Waals surface area contributed by atoms with Crippen molar-refractivity contribution in [3.8, 4) is 11.5 Å². The molecule has 2 aromatic rings. The number of hydrogen-bond acceptors (Lipinski definition) is 4. The predicted octanol–water partition coefficient (Wildman–Crippen LogP) is 3.93. The highest BCUT2D eigenvalue weighted by Crippen LogP contribution is 2.37. The molecule has 0 radical (unpaired) electrons. The van der Waals surface area contributed by atoms with E-state index in [9.17, 15) is 4.79 Å². The van der Waals surface area contributed by atoms with Gasteiger partial charge in [0.25, 0.3) is 0 Å². The molecule has 2 aromatic carbocycles. The number of carbonyl (C=O) groups is 1. The smallest absolute Gasteiger partial charge is 0.238 e. The van der Waals surface area contributed by atoms with E-state index in [1.807, 2.05) is 37.3 Å². The third kappa shape index (κ3) is 4.25. The zero-order valence-corrected chi connectivity index (χ0v) is 15.7. The predicted molar refractivity (Wildman–Crippen MR) is 105 cm³/mol. The molecule has 142 valence electrons. The third-order valence-corrected chi connectivity index (χ3v) is 5.17. The minimum absolute atomic E-state index is 0.0295. The highest BCUT2D eigenvalue weighted by Gasteiger charge is 2.28. The molecule has 0 aliphatic carbocycles. The van der Waals surface area contributed by atoms with E-state index in [0.29, 0.717) is 19.8 Å². The van der Waals surface area contributed by atoms with Crippen LogP contribution < -0.4 is 14.8 Å². The highest BCUT2D eigenvalue weighted by atomic mass is 16.5. The molecule has 5 nitrogen and oxygen atoms in total. The van der Waals surface area contributed by atoms with E-state index in [2.05, 4.69) is 22.3 Å². The quantitative estimate of drug-likeness (QED) is 0.891. The van der Waals surface area contributed by atoms with E-state index in [1.54, 1.807) is 0 Å². The van der Waals surface area contributed by atoms with Crippen LogP contribution in [0.1, 0.15) is 36.4 Å². The van der Waals surface area contributed by atoms with Gasteiger partial charge in [0.1, 0.15) is 0 Å². The Hall–Kier alpha value is -2.53. The number of aryl methyl sites for hydroxylation is 1. The Kier molecular flexibility index (Phi) is 5.30. The molecule has 0 unspecified atom stereocenters. The van der Waals surface area contributed by atoms with Gasteiger partial charge < -0.3 is 14.8 Å². The Morgan fingerprint density at radius 1 is 1.11 bits per heavy atom. The normalized spacial score (nSPS) is 19.5. The van der Waals surface area contributed by atoms with Crippen molar-refractivity contribution in [2.75, 3.05) is 31.6 Å². The van der Waals surface area contributed by atoms with Crippen molar-refractivity contribution >= 4 is 11.6 Å². The second-order valence-corrected chi connectivity index (χ2v) is 7.30. The van der Waals surface area contributed by atoms with Crippen LogP contribution in [0.15, 0.2) is 42.5 Å². The van der Waals surface area contributed by atoms with E-state index in [4.69, 9.17) is 9.47 Å². The average molecular weight is 366 g/mol. The minimum atomic E-state index is 0.0295. The fourth-order valence-corrected chi connectivity index (χ4v) is 3.89. The van der Waals surface area contributed by atoms with Gasteiger partial charge in [-0.05, 0) is 61.7 Å². The molecule has 0 aromatic heterocycles. The summed E-state index contributed by atoms with van der Waals surface area (Å²) < 4.78 is 11.6. The summed E-state index contributed by atoms with van der Waals surface area (Å²) >= 11 is 0. The zero-order valence-electron chi connectivity index (χ0n) is 15.7. The van der Waals surface area contributed by atoms with Crippen LogP contribution in [0, 0.1) is 6.92 Å². The molecule has 2 aliphatic heterocycles. The number of likely N-dealkylation sites (tertiary alicyclic amines) is 1. The van der Waals surface area contributed by atoms with Gasteiger partial charge >= 0.3 is 0 Å². The number of fused-ring (bicyclic) bond motifs is 1. The Balaban J connectivity index is 1.44. The van der Waals surface area contributed by atoms with E-state index in [1.165, 1.54) is 5.56 Å². The van der Waals surface area contributed by atoms with Crippen LogP contribution >= 0.6 is 0 Å². The first-order chi connectivity index (χ1) is 13.2. The molecule has 2 heterocycles. The van der Waals surface area contributed by atoms with Crippen LogP contribution in [0.4, 0.5) is 5.69 Å². The first kappa shape index (κ1) is 17.9. The molecule has 27 heavy (non-hydrogen) atoms. The van der Waals surface area contributed by atoms with Gasteiger partial charge in [0.2, 0.25) is 5.91 Å². The summed E-state index contributed by atoms with van der Waals surface area (Å²) in [7, 11) is 0. The van der Waals surface area contributed by atoms with Crippen molar-refractivity contribution in [3.05, 3.63) is 53.6 Å². The maximum Gasteiger partial charge on any atom is 0.238 e. The van der Waals surface area contributed by atoms with Gasteiger partial charge in [-0.15, -0.1) is 0 Å². The standard InChI is InChI=1S/C22H26N2O3/c1-16-5-2-6-18(13-16)23-22(25)15-24-10-3-7-19(24)17-8-9-20-21(14-17)27-12-4-11-26-20/h2,5-6,8-9,13-14,19H,3-4,7,10-12,15H2,1H3,(H,23,25)/t19-/m0/s1. The first-order valence-electron chi connectivity index (χ1n) is 9.69. The van der Waals surface area contributed by atoms with Gasteiger partial charge in [0.15, 0.2) is 11.5 Å². The fourth-order valence-electron chi connectivity index (χ4n) is 3.89. The van der Waals surface area contributed by atoms with Crippen molar-refractivity contribution in [2.45, 2.75) is 32.2 Å². The van der Waals surface area contributed by atoms with Crippen LogP contribution in [0.3, 0.4) is 0 Å². The molecule has 1 saturated heterocycles. The average Bonchev–Trinajstić information content (AvgIpc) is 2.97. The summed E-state index contributed by atoms with van der Waals surface area (Å²) in [5.74, 6) is 1.67. The van der Waals surface area contributed by atoms with Gasteiger partial charge in [-0.25, -0.2) is 0 Å². The SMILES string of the molecule is Cc1cccc(NC(=O)CN2CCC[C@H]2c2ccc3c(c2)OCCCO3)c1. The van der Waals surface area contributed by atoms with Gasteiger partial charge in [0, 0.05) is 18.2 Å². The monoisotopic (exact) mass is 366 g/mol. The summed E-state index contributed by atoms with van der Waals surface area (Å²) in [5.41, 5.74) is 3.19. The lowest BCUT2D eigenvalue weighted by atomic mass is 10.0. The maximum atomic E-state index is 12.5. The fraction of sp³-hybridized carbons (Fsp3) is 0.409. The molecule has 1 N–H and O–H groups in total. The van der Waals surface area contributed by atoms with Gasteiger partial charge in [-0.3, -0.25) is 9.69 Å². The second kappa shape index (κ2) is 8.01. The molecular formula is C22H26N2O3. The van der Waals surface area contributed by atoms with Crippen LogP contribution in [-0.4, -0.2) is 37.1 Å². The van der Waals surface area contributed by atoms with Crippen LogP contribution in [0.5, 0.6) is 11.5 Å². The molecule has 0 saturated carbocycles. The molecule has 4 rings (SSSR count). The van der Waals surface area contributed by atoms with Crippen LogP contribution in [0.25, 0.3) is 0 Å². The number of benzene rings is 2. The summed E-state index contributed by atoms with van der Waals surface area (Å²) in [5, 5.41) is 3.01. The lowest BCUT2D eigenvalue weighted by molar-refractivity contribution is -0.117. The number of nitrogens with zero attached hydrogens (tertiary/aromatic N) is 1. The molecule has 2 aliphatic rings. The summed E-state index contributed by atoms with van der Waals surface area (Å²) in [6.07, 6.45) is 3.05. The Labute approximate surface area is 160 Å². The lowest BCUT2D eigenvalue weighted by Gasteiger charge is -2.25. The number of hydrogen-bond donors (Lipinski definition) is 1. The first-order valence-corrected chi connectivity index (χ1v) is 9.69. The second-order valence-electron chi connectivity index (χ2n) is 7.30. The van der Waals surface area contributed by atoms with Gasteiger partial charge in [-0.2, -0.15) is 0 Å². The van der Waals surface area contributed by atoms with Crippen molar-refractivity contribution in [1.82, 2.24) is 4.90 Å². The summed E-state index contributed by atoms with van der Waals surface area (Å²) in [4.78, 5) is 14.8. The summed E-state index contributed by atoms with van der Waals surface area (Å²) in [6, 6.07) is 14.3. The van der Waals surface area contributed by atoms with E-state index in [0.717, 1.165) is 48.6 Å². The van der Waals surface area contributed by atoms with Crippen molar-refractivity contribution < 1.29 is 14.3 Å². The number of anilines is 1. The van der Waals surface area contributed by atoms with Crippen molar-refractivity contribution in [1.29, 1.82) is 0 Å². The molecule has 0 bridgehead atoms. The minimum Gasteiger partial charge on any atom is -0.490 e. The molecule has 1 atom stereocenters. The van der Waals surface area contributed by atoms with Crippen molar-refractivity contribution in [2.24, 2.45) is 0 Å². The van der Waals surface area contributed by atoms with E-state index >= 15 is 0 Å². The lowest BCUT2D eigenvalue weighted by Crippen LogP contribution is -2.33. The summed E-state index contributed by atoms with van der Waals surface area (Å²) in [6.45, 7) is 4.73. The largest absolute Gasteiger partial charge is 0.490 e. The molecule has 1 amide bonds. The highest BCUT2D eigenvalue weighted by molar-refractivity contribution is 5.92. The number of carbonyl (C=O) groups excluding carboxylic acids is 1. The Bertz CT molecular complexity index is 821. The van der Waals surface area contributed by atoms with Gasteiger partial charge in [-0.1, -0.05) is 18.2 Å². The number of nitrogens with one attached hydrogen (secondary N) is 1. The molecular weight excluding hydrogens is 340 g/mol. The Morgan fingerprint density at radius 3 is 2.81 bits per heavy atom. The van der Waals surface area contributed by atoms with Crippen LogP contribution in [0.2, 0.25) is 0 Å². The Morgan fingerprint density at radius 2 is 1.96 bits per heavy atom. The maximum absolute atomic E-state index is 12.5. The number of ether oxygens (including phenoxy) is 2. The van der Waals surface area contributed by atoms with Gasteiger partial charge in [0.05, 0.1) is 19.8 Å². The van der Waals surface area contributed by atoms with E-state index in [-0.39, 0.29) is 11.9 Å². The van der Waals surface area contributed by atoms with Crippen molar-refractivity contribution in [3.63, 3.8) is 0 Å². The van der Waals surface area contributed by atoms with E-state index < -0.39 is 0 Å². The van der Waals surface area contributed by atoms with Crippen LogP contribution in [-0.2, 0) is 4.79 Å². The zero-order chi connectivity index (χ0) is 18.6. The topological polar surface area (TPSA) is 50.8 Å². The third-order valence-electron chi connectivity index (χ3n) is 5.17. The molecule has 5 heteroatoms. The molecule has 1 fully saturated rings. The number of amides is 1. The number of rotatable bonds is 4. The molecule has 0 spiro atoms.